The molecule has 2 fully saturated rings. The zero-order valence-corrected chi connectivity index (χ0v) is 22.6. The number of rotatable bonds is 9. The fraction of sp³-hybridized carbons (Fsp3) is 0.533. The summed E-state index contributed by atoms with van der Waals surface area (Å²) in [4.78, 5) is 27.0. The fourth-order valence-electron chi connectivity index (χ4n) is 6.11. The molecule has 4 atom stereocenters. The van der Waals surface area contributed by atoms with Gasteiger partial charge in [-0.1, -0.05) is 64.4 Å². The number of carbonyl (C=O) groups excluding carboxylic acids is 2. The molecule has 4 nitrogen and oxygen atoms in total. The van der Waals surface area contributed by atoms with Crippen LogP contribution in [0.25, 0.3) is 0 Å². The molecular formula is C30H40N2O2S. The van der Waals surface area contributed by atoms with Crippen LogP contribution in [-0.4, -0.2) is 23.6 Å². The van der Waals surface area contributed by atoms with Crippen LogP contribution in [0.2, 0.25) is 0 Å². The van der Waals surface area contributed by atoms with Gasteiger partial charge in [0, 0.05) is 16.6 Å². The summed E-state index contributed by atoms with van der Waals surface area (Å²) in [5.74, 6) is 3.13. The van der Waals surface area contributed by atoms with Crippen molar-refractivity contribution < 1.29 is 9.59 Å². The Labute approximate surface area is 215 Å². The first-order valence-electron chi connectivity index (χ1n) is 13.2. The van der Waals surface area contributed by atoms with Crippen LogP contribution in [0.15, 0.2) is 47.4 Å². The largest absolute Gasteiger partial charge is 0.353 e. The van der Waals surface area contributed by atoms with Crippen molar-refractivity contribution >= 4 is 29.3 Å². The van der Waals surface area contributed by atoms with Gasteiger partial charge < -0.3 is 10.6 Å². The highest BCUT2D eigenvalue weighted by Crippen LogP contribution is 2.49. The molecular weight excluding hydrogens is 452 g/mol. The van der Waals surface area contributed by atoms with Crippen LogP contribution < -0.4 is 10.6 Å². The van der Waals surface area contributed by atoms with Crippen LogP contribution >= 0.6 is 11.8 Å². The van der Waals surface area contributed by atoms with Crippen LogP contribution in [0.5, 0.6) is 0 Å². The van der Waals surface area contributed by atoms with Gasteiger partial charge in [-0.25, -0.2) is 0 Å². The van der Waals surface area contributed by atoms with E-state index >= 15 is 0 Å². The molecule has 0 radical (unpaired) electrons. The number of hydrogen-bond donors (Lipinski definition) is 2. The molecule has 0 heterocycles. The fourth-order valence-corrected chi connectivity index (χ4v) is 6.97. The minimum atomic E-state index is -0.126. The lowest BCUT2D eigenvalue weighted by molar-refractivity contribution is -0.119. The molecule has 2 saturated carbocycles. The number of benzene rings is 2. The van der Waals surface area contributed by atoms with E-state index in [0.717, 1.165) is 33.5 Å². The van der Waals surface area contributed by atoms with E-state index in [1.165, 1.54) is 37.4 Å². The third kappa shape index (κ3) is 5.94. The first-order valence-corrected chi connectivity index (χ1v) is 14.2. The second-order valence-electron chi connectivity index (χ2n) is 11.1. The monoisotopic (exact) mass is 492 g/mol. The summed E-state index contributed by atoms with van der Waals surface area (Å²) in [5.41, 5.74) is 3.81. The number of thioether (sulfide) groups is 1. The van der Waals surface area contributed by atoms with Crippen LogP contribution in [0.1, 0.15) is 93.6 Å². The van der Waals surface area contributed by atoms with E-state index in [4.69, 9.17) is 0 Å². The lowest BCUT2D eigenvalue weighted by Crippen LogP contribution is -2.40. The summed E-state index contributed by atoms with van der Waals surface area (Å²) in [6.07, 6.45) is 5.31. The predicted octanol–water partition coefficient (Wildman–Crippen LogP) is 7.22. The van der Waals surface area contributed by atoms with Gasteiger partial charge in [0.25, 0.3) is 5.91 Å². The third-order valence-corrected chi connectivity index (χ3v) is 9.00. The summed E-state index contributed by atoms with van der Waals surface area (Å²) >= 11 is 1.44. The number of hydrogen-bond acceptors (Lipinski definition) is 3. The van der Waals surface area contributed by atoms with Crippen molar-refractivity contribution in [2.75, 3.05) is 11.1 Å². The van der Waals surface area contributed by atoms with E-state index in [1.807, 2.05) is 24.3 Å². The number of carbonyl (C=O) groups is 2. The second kappa shape index (κ2) is 11.2. The maximum absolute atomic E-state index is 13.4. The Kier molecular flexibility index (Phi) is 8.26. The second-order valence-corrected chi connectivity index (χ2v) is 12.1. The van der Waals surface area contributed by atoms with Gasteiger partial charge in [0.15, 0.2) is 0 Å². The summed E-state index contributed by atoms with van der Waals surface area (Å²) in [5, 5.41) is 6.46. The van der Waals surface area contributed by atoms with Gasteiger partial charge >= 0.3 is 0 Å². The molecule has 0 aliphatic heterocycles. The lowest BCUT2D eigenvalue weighted by Gasteiger charge is -2.28. The average Bonchev–Trinajstić information content (AvgIpc) is 3.46. The van der Waals surface area contributed by atoms with E-state index in [-0.39, 0.29) is 17.9 Å². The zero-order valence-electron chi connectivity index (χ0n) is 21.8. The summed E-state index contributed by atoms with van der Waals surface area (Å²) in [6, 6.07) is 14.1. The highest BCUT2D eigenvalue weighted by atomic mass is 32.2. The van der Waals surface area contributed by atoms with Gasteiger partial charge in [-0.05, 0) is 79.0 Å². The number of fused-ring (bicyclic) bond motifs is 2. The van der Waals surface area contributed by atoms with Crippen molar-refractivity contribution in [2.45, 2.75) is 83.1 Å². The first-order chi connectivity index (χ1) is 16.7. The number of anilines is 1. The maximum atomic E-state index is 13.4. The van der Waals surface area contributed by atoms with Gasteiger partial charge in [0.1, 0.15) is 0 Å². The molecule has 0 spiro atoms. The topological polar surface area (TPSA) is 58.2 Å². The Hall–Kier alpha value is -2.27. The molecule has 2 aromatic carbocycles. The van der Waals surface area contributed by atoms with Crippen LogP contribution in [0.4, 0.5) is 5.69 Å². The summed E-state index contributed by atoms with van der Waals surface area (Å²) in [7, 11) is 0. The molecule has 188 valence electrons. The first kappa shape index (κ1) is 25.8. The smallest absolute Gasteiger partial charge is 0.256 e. The Bertz CT molecular complexity index is 1040. The minimum absolute atomic E-state index is 0.0488. The Balaban J connectivity index is 1.42. The summed E-state index contributed by atoms with van der Waals surface area (Å²) in [6.45, 7) is 10.8. The number of nitrogens with one attached hydrogen (secondary N) is 2. The van der Waals surface area contributed by atoms with Gasteiger partial charge in [0.05, 0.1) is 11.3 Å². The van der Waals surface area contributed by atoms with E-state index in [0.29, 0.717) is 29.1 Å². The minimum Gasteiger partial charge on any atom is -0.353 e. The van der Waals surface area contributed by atoms with E-state index in [2.05, 4.69) is 63.5 Å². The molecule has 2 aliphatic rings. The molecule has 0 aromatic heterocycles. The highest BCUT2D eigenvalue weighted by molar-refractivity contribution is 8.00. The normalized spacial score (nSPS) is 22.0. The third-order valence-electron chi connectivity index (χ3n) is 7.93. The molecule has 2 amide bonds. The van der Waals surface area contributed by atoms with Crippen LogP contribution in [-0.2, 0) is 4.79 Å². The van der Waals surface area contributed by atoms with Crippen molar-refractivity contribution in [2.24, 2.45) is 17.8 Å². The molecule has 0 saturated heterocycles. The molecule has 4 rings (SSSR count). The molecule has 2 aliphatic carbocycles. The standard InChI is InChI=1S/C30H40N2O2S/c1-18(2)23-10-8-11-24(19(3)4)29(23)32-30(34)25-9-6-7-12-27(25)35-17-28(33)31-20(5)26-16-21-13-14-22(26)15-21/h6-12,18-22,26H,13-17H2,1-5H3,(H,31,33)(H,32,34). The molecule has 2 N–H and O–H groups in total. The average molecular weight is 493 g/mol. The predicted molar refractivity (Wildman–Crippen MR) is 146 cm³/mol. The Morgan fingerprint density at radius 1 is 0.914 bits per heavy atom. The molecule has 4 unspecified atom stereocenters. The zero-order chi connectivity index (χ0) is 25.1. The van der Waals surface area contributed by atoms with Crippen molar-refractivity contribution in [1.29, 1.82) is 0 Å². The Morgan fingerprint density at radius 2 is 1.60 bits per heavy atom. The molecule has 5 heteroatoms. The number of amides is 2. The van der Waals surface area contributed by atoms with E-state index < -0.39 is 0 Å². The SMILES string of the molecule is CC(C)c1cccc(C(C)C)c1NC(=O)c1ccccc1SCC(=O)NC(C)C1CC2CCC1C2. The molecule has 35 heavy (non-hydrogen) atoms. The van der Waals surface area contributed by atoms with Crippen LogP contribution in [0.3, 0.4) is 0 Å². The molecule has 2 bridgehead atoms. The lowest BCUT2D eigenvalue weighted by atomic mass is 9.84. The highest BCUT2D eigenvalue weighted by Gasteiger charge is 2.42. The van der Waals surface area contributed by atoms with E-state index in [9.17, 15) is 9.59 Å². The van der Waals surface area contributed by atoms with Gasteiger partial charge in [-0.2, -0.15) is 0 Å². The van der Waals surface area contributed by atoms with Crippen molar-refractivity contribution in [1.82, 2.24) is 5.32 Å². The van der Waals surface area contributed by atoms with E-state index in [1.54, 1.807) is 0 Å². The van der Waals surface area contributed by atoms with Crippen LogP contribution in [0, 0.1) is 17.8 Å². The van der Waals surface area contributed by atoms with Gasteiger partial charge in [0.2, 0.25) is 5.91 Å². The summed E-state index contributed by atoms with van der Waals surface area (Å²) < 4.78 is 0. The van der Waals surface area contributed by atoms with Gasteiger partial charge in [-0.15, -0.1) is 11.8 Å². The Morgan fingerprint density at radius 3 is 2.20 bits per heavy atom. The quantitative estimate of drug-likeness (QED) is 0.363. The van der Waals surface area contributed by atoms with Crippen molar-refractivity contribution in [3.63, 3.8) is 0 Å². The van der Waals surface area contributed by atoms with Crippen molar-refractivity contribution in [3.05, 3.63) is 59.2 Å². The number of para-hydroxylation sites is 1. The van der Waals surface area contributed by atoms with Crippen molar-refractivity contribution in [3.8, 4) is 0 Å². The molecule has 2 aromatic rings. The maximum Gasteiger partial charge on any atom is 0.256 e. The van der Waals surface area contributed by atoms with Gasteiger partial charge in [-0.3, -0.25) is 9.59 Å².